The number of anilines is 1. The van der Waals surface area contributed by atoms with Crippen LogP contribution in [-0.4, -0.2) is 36.6 Å². The van der Waals surface area contributed by atoms with Gasteiger partial charge < -0.3 is 14.6 Å². The summed E-state index contributed by atoms with van der Waals surface area (Å²) in [6.07, 6.45) is 0.886. The van der Waals surface area contributed by atoms with Crippen molar-refractivity contribution in [3.05, 3.63) is 83.3 Å². The number of nitrogens with one attached hydrogen (secondary N) is 2. The van der Waals surface area contributed by atoms with Gasteiger partial charge in [-0.3, -0.25) is 0 Å². The van der Waals surface area contributed by atoms with Crippen molar-refractivity contribution in [1.29, 1.82) is 0 Å². The van der Waals surface area contributed by atoms with Gasteiger partial charge in [-0.25, -0.2) is 23.1 Å². The largest absolute Gasteiger partial charge is 0.497 e. The minimum Gasteiger partial charge on any atom is -0.497 e. The number of aryl methyl sites for hydroxylation is 2. The molecule has 35 heavy (non-hydrogen) atoms. The molecule has 1 aliphatic heterocycles. The Morgan fingerprint density at radius 2 is 1.66 bits per heavy atom. The summed E-state index contributed by atoms with van der Waals surface area (Å²) in [6.45, 7) is 5.30. The fraction of sp³-hybridized carbons (Fsp3) is 0.231. The Morgan fingerprint density at radius 1 is 0.971 bits per heavy atom. The summed E-state index contributed by atoms with van der Waals surface area (Å²) in [5.74, 6) is 0.869. The molecule has 0 amide bonds. The van der Waals surface area contributed by atoms with Crippen molar-refractivity contribution in [2.24, 2.45) is 0 Å². The van der Waals surface area contributed by atoms with Crippen LogP contribution < -0.4 is 14.8 Å². The van der Waals surface area contributed by atoms with Gasteiger partial charge in [0.1, 0.15) is 5.75 Å². The second-order valence-corrected chi connectivity index (χ2v) is 10.2. The van der Waals surface area contributed by atoms with Crippen molar-refractivity contribution in [2.45, 2.75) is 31.7 Å². The molecule has 2 aromatic carbocycles. The average Bonchev–Trinajstić information content (AvgIpc) is 3.23. The van der Waals surface area contributed by atoms with Crippen molar-refractivity contribution in [3.63, 3.8) is 0 Å². The first-order chi connectivity index (χ1) is 16.8. The number of sulfonamides is 1. The van der Waals surface area contributed by atoms with Crippen LogP contribution >= 0.6 is 0 Å². The normalized spacial score (nSPS) is 13.3. The highest BCUT2D eigenvalue weighted by molar-refractivity contribution is 7.92. The summed E-state index contributed by atoms with van der Waals surface area (Å²) in [5, 5.41) is 3.43. The van der Waals surface area contributed by atoms with E-state index < -0.39 is 10.0 Å². The van der Waals surface area contributed by atoms with Gasteiger partial charge in [-0.1, -0.05) is 0 Å². The van der Waals surface area contributed by atoms with Crippen molar-refractivity contribution < 1.29 is 13.2 Å². The number of hydrogen-bond acceptors (Lipinski definition) is 6. The third kappa shape index (κ3) is 4.65. The number of fused-ring (bicyclic) bond motifs is 1. The van der Waals surface area contributed by atoms with E-state index in [-0.39, 0.29) is 10.8 Å². The van der Waals surface area contributed by atoms with Crippen LogP contribution in [-0.2, 0) is 23.0 Å². The van der Waals surface area contributed by atoms with E-state index in [1.54, 1.807) is 39.2 Å². The van der Waals surface area contributed by atoms with Gasteiger partial charge in [-0.2, -0.15) is 0 Å². The van der Waals surface area contributed by atoms with E-state index in [1.807, 2.05) is 36.4 Å². The maximum Gasteiger partial charge on any atom is 0.264 e. The lowest BCUT2D eigenvalue weighted by Crippen LogP contribution is -2.24. The third-order valence-corrected chi connectivity index (χ3v) is 7.39. The van der Waals surface area contributed by atoms with Crippen molar-refractivity contribution in [2.75, 3.05) is 18.4 Å². The maximum atomic E-state index is 13.0. The van der Waals surface area contributed by atoms with Crippen LogP contribution in [0.25, 0.3) is 16.9 Å². The summed E-state index contributed by atoms with van der Waals surface area (Å²) in [5.41, 5.74) is 6.89. The van der Waals surface area contributed by atoms with Crippen LogP contribution in [0.1, 0.15) is 22.6 Å². The molecule has 2 aromatic heterocycles. The van der Waals surface area contributed by atoms with E-state index >= 15 is 0 Å². The fourth-order valence-corrected chi connectivity index (χ4v) is 5.40. The molecule has 0 bridgehead atoms. The molecular weight excluding hydrogens is 462 g/mol. The third-order valence-electron chi connectivity index (χ3n) is 6.05. The van der Waals surface area contributed by atoms with Crippen molar-refractivity contribution in [1.82, 2.24) is 19.9 Å². The molecule has 0 unspecified atom stereocenters. The van der Waals surface area contributed by atoms with Crippen LogP contribution in [0, 0.1) is 13.8 Å². The number of ether oxygens (including phenoxy) is 1. The molecule has 180 valence electrons. The monoisotopic (exact) mass is 489 g/mol. The van der Waals surface area contributed by atoms with E-state index in [0.29, 0.717) is 11.4 Å². The molecule has 4 aromatic rings. The molecule has 0 aliphatic carbocycles. The standard InChI is InChI=1S/C26H27N5O3S/c1-17-14-18(2)29-26(28-17)30-35(32,33)23-10-6-21(7-11-23)31-24-12-13-27-16-20(24)15-25(31)19-4-8-22(34-3)9-5-19/h4-11,14-15,27H,12-13,16H2,1-3H3,(H,28,29,30). The van der Waals surface area contributed by atoms with E-state index in [4.69, 9.17) is 4.74 Å². The van der Waals surface area contributed by atoms with Crippen LogP contribution in [0.3, 0.4) is 0 Å². The lowest BCUT2D eigenvalue weighted by atomic mass is 10.1. The van der Waals surface area contributed by atoms with Gasteiger partial charge in [0.25, 0.3) is 10.0 Å². The van der Waals surface area contributed by atoms with E-state index in [9.17, 15) is 8.42 Å². The Labute approximate surface area is 205 Å². The predicted molar refractivity (Wildman–Crippen MR) is 135 cm³/mol. The molecule has 2 N–H and O–H groups in total. The molecule has 0 radical (unpaired) electrons. The zero-order chi connectivity index (χ0) is 24.6. The molecule has 5 rings (SSSR count). The quantitative estimate of drug-likeness (QED) is 0.425. The fourth-order valence-electron chi connectivity index (χ4n) is 4.45. The number of methoxy groups -OCH3 is 1. The summed E-state index contributed by atoms with van der Waals surface area (Å²) in [6, 6.07) is 18.9. The Hall–Kier alpha value is -3.69. The smallest absolute Gasteiger partial charge is 0.264 e. The van der Waals surface area contributed by atoms with Crippen molar-refractivity contribution in [3.8, 4) is 22.7 Å². The van der Waals surface area contributed by atoms with Gasteiger partial charge in [-0.05, 0) is 85.6 Å². The lowest BCUT2D eigenvalue weighted by molar-refractivity contribution is 0.415. The molecule has 1 aliphatic rings. The highest BCUT2D eigenvalue weighted by Crippen LogP contribution is 2.32. The molecule has 3 heterocycles. The van der Waals surface area contributed by atoms with E-state index in [1.165, 1.54) is 11.3 Å². The highest BCUT2D eigenvalue weighted by Gasteiger charge is 2.21. The minimum atomic E-state index is -3.83. The van der Waals surface area contributed by atoms with Gasteiger partial charge in [0, 0.05) is 42.3 Å². The van der Waals surface area contributed by atoms with Gasteiger partial charge in [0.2, 0.25) is 5.95 Å². The highest BCUT2D eigenvalue weighted by atomic mass is 32.2. The topological polar surface area (TPSA) is 98.1 Å². The van der Waals surface area contributed by atoms with Gasteiger partial charge in [0.05, 0.1) is 17.7 Å². The molecule has 0 spiro atoms. The predicted octanol–water partition coefficient (Wildman–Crippen LogP) is 4.01. The lowest BCUT2D eigenvalue weighted by Gasteiger charge is -2.19. The zero-order valence-corrected chi connectivity index (χ0v) is 20.7. The molecule has 0 saturated heterocycles. The van der Waals surface area contributed by atoms with Crippen LogP contribution in [0.5, 0.6) is 5.75 Å². The molecule has 9 heteroatoms. The van der Waals surface area contributed by atoms with E-state index in [0.717, 1.165) is 42.2 Å². The number of aromatic nitrogens is 3. The first kappa shape index (κ1) is 23.1. The number of benzene rings is 2. The molecular formula is C26H27N5O3S. The van der Waals surface area contributed by atoms with E-state index in [2.05, 4.69) is 30.6 Å². The van der Waals surface area contributed by atoms with Gasteiger partial charge in [0.15, 0.2) is 0 Å². The molecule has 0 atom stereocenters. The Balaban J connectivity index is 1.51. The Kier molecular flexibility index (Phi) is 6.04. The van der Waals surface area contributed by atoms with Crippen LogP contribution in [0.4, 0.5) is 5.95 Å². The van der Waals surface area contributed by atoms with Crippen molar-refractivity contribution >= 4 is 16.0 Å². The van der Waals surface area contributed by atoms with Crippen LogP contribution in [0.2, 0.25) is 0 Å². The summed E-state index contributed by atoms with van der Waals surface area (Å²) < 4.78 is 36.0. The first-order valence-corrected chi connectivity index (χ1v) is 12.9. The Morgan fingerprint density at radius 3 is 2.31 bits per heavy atom. The second kappa shape index (κ2) is 9.16. The second-order valence-electron chi connectivity index (χ2n) is 8.57. The summed E-state index contributed by atoms with van der Waals surface area (Å²) in [7, 11) is -2.18. The summed E-state index contributed by atoms with van der Waals surface area (Å²) in [4.78, 5) is 8.53. The minimum absolute atomic E-state index is 0.0698. The SMILES string of the molecule is COc1ccc(-c2cc3c(n2-c2ccc(S(=O)(=O)Nc4nc(C)cc(C)n4)cc2)CCNC3)cc1. The number of nitrogens with zero attached hydrogens (tertiary/aromatic N) is 3. The average molecular weight is 490 g/mol. The molecule has 0 saturated carbocycles. The number of rotatable bonds is 6. The van der Waals surface area contributed by atoms with Gasteiger partial charge in [-0.15, -0.1) is 0 Å². The molecule has 0 fully saturated rings. The Bertz CT molecular complexity index is 1460. The first-order valence-electron chi connectivity index (χ1n) is 11.4. The van der Waals surface area contributed by atoms with Gasteiger partial charge >= 0.3 is 0 Å². The van der Waals surface area contributed by atoms with Crippen LogP contribution in [0.15, 0.2) is 65.6 Å². The number of hydrogen-bond donors (Lipinski definition) is 2. The summed E-state index contributed by atoms with van der Waals surface area (Å²) >= 11 is 0. The maximum absolute atomic E-state index is 13.0. The molecule has 8 nitrogen and oxygen atoms in total. The zero-order valence-electron chi connectivity index (χ0n) is 19.9.